The van der Waals surface area contributed by atoms with E-state index in [4.69, 9.17) is 19.9 Å². The Balaban J connectivity index is 1.36. The maximum Gasteiger partial charge on any atom is 0.178 e. The Hall–Kier alpha value is -4.20. The average Bonchev–Trinajstić information content (AvgIpc) is 3.39. The van der Waals surface area contributed by atoms with Gasteiger partial charge in [-0.25, -0.2) is 19.9 Å². The highest BCUT2D eigenvalue weighted by molar-refractivity contribution is 5.86. The van der Waals surface area contributed by atoms with Gasteiger partial charge in [-0.1, -0.05) is 30.3 Å². The molecule has 4 heterocycles. The SMILES string of the molecule is CCN1C(=C/C=C/C2N(CC)c3nc4ccccc4nc3N2CC)N(CC)c2nc3ccccc3nc21. The molecular weight excluding hydrogens is 460 g/mol. The van der Waals surface area contributed by atoms with E-state index in [0.717, 1.165) is 77.3 Å². The second-order valence-corrected chi connectivity index (χ2v) is 9.10. The second-order valence-electron chi connectivity index (χ2n) is 9.10. The Morgan fingerprint density at radius 1 is 0.595 bits per heavy atom. The molecule has 0 saturated heterocycles. The lowest BCUT2D eigenvalue weighted by Crippen LogP contribution is -2.42. The predicted octanol–water partition coefficient (Wildman–Crippen LogP) is 5.33. The van der Waals surface area contributed by atoms with Crippen molar-refractivity contribution in [3.63, 3.8) is 0 Å². The first-order chi connectivity index (χ1) is 18.2. The molecule has 37 heavy (non-hydrogen) atoms. The number of likely N-dealkylation sites (N-methyl/N-ethyl adjacent to an activating group) is 2. The van der Waals surface area contributed by atoms with Gasteiger partial charge in [-0.15, -0.1) is 0 Å². The molecule has 0 bridgehead atoms. The maximum absolute atomic E-state index is 4.99. The molecule has 2 aromatic heterocycles. The summed E-state index contributed by atoms with van der Waals surface area (Å²) in [6.45, 7) is 12.0. The van der Waals surface area contributed by atoms with E-state index in [0.29, 0.717) is 0 Å². The van der Waals surface area contributed by atoms with E-state index >= 15 is 0 Å². The van der Waals surface area contributed by atoms with Gasteiger partial charge in [-0.2, -0.15) is 0 Å². The van der Waals surface area contributed by atoms with E-state index < -0.39 is 0 Å². The van der Waals surface area contributed by atoms with Gasteiger partial charge in [-0.05, 0) is 64.1 Å². The fourth-order valence-corrected chi connectivity index (χ4v) is 5.42. The first-order valence-electron chi connectivity index (χ1n) is 13.2. The first kappa shape index (κ1) is 23.2. The van der Waals surface area contributed by atoms with E-state index in [9.17, 15) is 0 Å². The molecule has 4 aromatic rings. The topological polar surface area (TPSA) is 64.5 Å². The van der Waals surface area contributed by atoms with Crippen molar-refractivity contribution in [3.05, 3.63) is 72.6 Å². The summed E-state index contributed by atoms with van der Waals surface area (Å²) in [5.41, 5.74) is 3.69. The molecule has 2 aliphatic heterocycles. The smallest absolute Gasteiger partial charge is 0.178 e. The van der Waals surface area contributed by atoms with E-state index in [1.54, 1.807) is 0 Å². The number of hydrogen-bond acceptors (Lipinski definition) is 8. The van der Waals surface area contributed by atoms with Crippen LogP contribution in [0.1, 0.15) is 27.7 Å². The quantitative estimate of drug-likeness (QED) is 0.358. The molecule has 6 rings (SSSR count). The molecule has 2 aromatic carbocycles. The highest BCUT2D eigenvalue weighted by atomic mass is 15.5. The number of hydrogen-bond donors (Lipinski definition) is 0. The third-order valence-corrected chi connectivity index (χ3v) is 7.16. The first-order valence-corrected chi connectivity index (χ1v) is 13.2. The summed E-state index contributed by atoms with van der Waals surface area (Å²) in [7, 11) is 0. The predicted molar refractivity (Wildman–Crippen MR) is 152 cm³/mol. The summed E-state index contributed by atoms with van der Waals surface area (Å²) in [6.07, 6.45) is 6.64. The Bertz CT molecular complexity index is 1420. The number of para-hydroxylation sites is 4. The van der Waals surface area contributed by atoms with Crippen LogP contribution in [0.25, 0.3) is 22.1 Å². The number of nitrogens with zero attached hydrogens (tertiary/aromatic N) is 8. The van der Waals surface area contributed by atoms with Crippen LogP contribution in [0, 0.1) is 0 Å². The fraction of sp³-hybridized carbons (Fsp3) is 0.310. The number of aromatic nitrogens is 4. The van der Waals surface area contributed by atoms with Crippen molar-refractivity contribution in [1.29, 1.82) is 0 Å². The molecule has 0 atom stereocenters. The summed E-state index contributed by atoms with van der Waals surface area (Å²) in [4.78, 5) is 29.0. The molecule has 188 valence electrons. The summed E-state index contributed by atoms with van der Waals surface area (Å²) in [6, 6.07) is 16.2. The Morgan fingerprint density at radius 3 is 1.38 bits per heavy atom. The van der Waals surface area contributed by atoms with Crippen molar-refractivity contribution >= 4 is 45.3 Å². The van der Waals surface area contributed by atoms with Crippen LogP contribution in [0.5, 0.6) is 0 Å². The molecule has 0 unspecified atom stereocenters. The van der Waals surface area contributed by atoms with Crippen molar-refractivity contribution in [1.82, 2.24) is 19.9 Å². The average molecular weight is 493 g/mol. The van der Waals surface area contributed by atoms with E-state index in [2.05, 4.69) is 65.5 Å². The summed E-state index contributed by atoms with van der Waals surface area (Å²) >= 11 is 0. The van der Waals surface area contributed by atoms with Crippen LogP contribution >= 0.6 is 0 Å². The number of anilines is 4. The third-order valence-electron chi connectivity index (χ3n) is 7.16. The van der Waals surface area contributed by atoms with Crippen LogP contribution in [0.2, 0.25) is 0 Å². The van der Waals surface area contributed by atoms with Gasteiger partial charge < -0.3 is 19.6 Å². The number of benzene rings is 2. The lowest BCUT2D eigenvalue weighted by Gasteiger charge is -2.28. The molecule has 0 fully saturated rings. The third kappa shape index (κ3) is 3.66. The van der Waals surface area contributed by atoms with E-state index in [-0.39, 0.29) is 6.17 Å². The zero-order valence-corrected chi connectivity index (χ0v) is 21.8. The van der Waals surface area contributed by atoms with Gasteiger partial charge in [-0.3, -0.25) is 0 Å². The van der Waals surface area contributed by atoms with Crippen LogP contribution in [-0.2, 0) is 0 Å². The maximum atomic E-state index is 4.99. The second kappa shape index (κ2) is 9.35. The molecule has 2 aliphatic rings. The van der Waals surface area contributed by atoms with Crippen LogP contribution in [0.4, 0.5) is 23.3 Å². The highest BCUT2D eigenvalue weighted by Gasteiger charge is 2.36. The lowest BCUT2D eigenvalue weighted by molar-refractivity contribution is 0.688. The molecule has 0 saturated carbocycles. The van der Waals surface area contributed by atoms with Gasteiger partial charge >= 0.3 is 0 Å². The van der Waals surface area contributed by atoms with Crippen LogP contribution in [0.15, 0.2) is 72.6 Å². The molecule has 0 radical (unpaired) electrons. The summed E-state index contributed by atoms with van der Waals surface area (Å²) in [5, 5.41) is 0. The van der Waals surface area contributed by atoms with Gasteiger partial charge in [0, 0.05) is 26.2 Å². The van der Waals surface area contributed by atoms with Crippen molar-refractivity contribution < 1.29 is 0 Å². The zero-order valence-electron chi connectivity index (χ0n) is 21.8. The minimum absolute atomic E-state index is 0.0476. The van der Waals surface area contributed by atoms with Crippen LogP contribution in [0.3, 0.4) is 0 Å². The molecule has 0 aliphatic carbocycles. The molecule has 0 N–H and O–H groups in total. The minimum Gasteiger partial charge on any atom is -0.330 e. The van der Waals surface area contributed by atoms with E-state index in [1.807, 2.05) is 48.5 Å². The monoisotopic (exact) mass is 492 g/mol. The molecular formula is C29H32N8. The Labute approximate surface area is 217 Å². The van der Waals surface area contributed by atoms with Crippen molar-refractivity contribution in [2.75, 3.05) is 45.8 Å². The highest BCUT2D eigenvalue weighted by Crippen LogP contribution is 2.40. The van der Waals surface area contributed by atoms with Gasteiger partial charge in [0.05, 0.1) is 22.1 Å². The molecule has 8 heteroatoms. The minimum atomic E-state index is 0.0476. The standard InChI is InChI=1S/C29H32N8/c1-5-34-24(35(6-2)27-26(34)30-20-14-9-10-15-21(20)31-27)18-13-19-25-36(7-3)28-29(37(25)8-4)33-23-17-12-11-16-22(23)32-28/h9-19,24H,5-8H2,1-4H3/b18-13+. The lowest BCUT2D eigenvalue weighted by atomic mass is 10.3. The van der Waals surface area contributed by atoms with Gasteiger partial charge in [0.15, 0.2) is 23.3 Å². The summed E-state index contributed by atoms with van der Waals surface area (Å²) in [5.74, 6) is 4.83. The van der Waals surface area contributed by atoms with Crippen molar-refractivity contribution in [2.45, 2.75) is 33.9 Å². The van der Waals surface area contributed by atoms with Gasteiger partial charge in [0.25, 0.3) is 0 Å². The molecule has 0 amide bonds. The fourth-order valence-electron chi connectivity index (χ4n) is 5.42. The summed E-state index contributed by atoms with van der Waals surface area (Å²) < 4.78 is 0. The van der Waals surface area contributed by atoms with E-state index in [1.165, 1.54) is 0 Å². The van der Waals surface area contributed by atoms with Crippen molar-refractivity contribution in [3.8, 4) is 0 Å². The number of rotatable bonds is 6. The molecule has 8 nitrogen and oxygen atoms in total. The van der Waals surface area contributed by atoms with Gasteiger partial charge in [0.2, 0.25) is 0 Å². The number of fused-ring (bicyclic) bond motifs is 4. The van der Waals surface area contributed by atoms with Crippen LogP contribution in [-0.4, -0.2) is 52.3 Å². The zero-order chi connectivity index (χ0) is 25.5. The Morgan fingerprint density at radius 2 is 1.00 bits per heavy atom. The molecule has 0 spiro atoms. The Kier molecular flexibility index (Phi) is 5.87. The van der Waals surface area contributed by atoms with Crippen LogP contribution < -0.4 is 19.6 Å². The van der Waals surface area contributed by atoms with Gasteiger partial charge in [0.1, 0.15) is 12.0 Å². The normalized spacial score (nSPS) is 15.5. The number of allylic oxidation sites excluding steroid dienone is 2. The van der Waals surface area contributed by atoms with Crippen molar-refractivity contribution in [2.24, 2.45) is 0 Å². The largest absolute Gasteiger partial charge is 0.330 e.